The van der Waals surface area contributed by atoms with Gasteiger partial charge in [0.2, 0.25) is 0 Å². The maximum Gasteiger partial charge on any atom is 0.197 e. The Hall–Kier alpha value is -2.75. The number of benzene rings is 2. The highest BCUT2D eigenvalue weighted by atomic mass is 35.5. The first-order valence-corrected chi connectivity index (χ1v) is 13.1. The molecule has 0 saturated carbocycles. The number of unbranched alkanes of at least 4 members (excludes halogenated alkanes) is 1. The average Bonchev–Trinajstić information content (AvgIpc) is 3.17. The Bertz CT molecular complexity index is 1190. The van der Waals surface area contributed by atoms with Gasteiger partial charge < -0.3 is 29.5 Å². The minimum absolute atomic E-state index is 0. The van der Waals surface area contributed by atoms with Crippen molar-refractivity contribution in [1.29, 1.82) is 5.41 Å². The Balaban J connectivity index is 0.00000400. The molecule has 0 saturated heterocycles. The highest BCUT2D eigenvalue weighted by Gasteiger charge is 2.33. The zero-order chi connectivity index (χ0) is 28.0. The summed E-state index contributed by atoms with van der Waals surface area (Å²) >= 11 is 0. The Labute approximate surface area is 248 Å². The van der Waals surface area contributed by atoms with Crippen LogP contribution in [0.5, 0.6) is 17.2 Å². The van der Waals surface area contributed by atoms with E-state index in [0.29, 0.717) is 47.9 Å². The summed E-state index contributed by atoms with van der Waals surface area (Å²) in [5.74, 6) is 0.0858. The van der Waals surface area contributed by atoms with Crippen LogP contribution in [0.4, 0.5) is 10.1 Å². The number of Topliss-reactive ketones (excluding diaryl/α,β-unsaturated/α-hetero) is 1. The zero-order valence-corrected chi connectivity index (χ0v) is 25.7. The second kappa shape index (κ2) is 15.3. The summed E-state index contributed by atoms with van der Waals surface area (Å²) in [5, 5.41) is 21.1. The number of rotatable bonds is 13. The van der Waals surface area contributed by atoms with E-state index in [9.17, 15) is 4.79 Å². The minimum atomic E-state index is -0.637. The van der Waals surface area contributed by atoms with Crippen molar-refractivity contribution in [2.45, 2.75) is 59.4 Å². The lowest BCUT2D eigenvalue weighted by Crippen LogP contribution is -2.30. The number of nitrogens with zero attached hydrogens (tertiary/aromatic N) is 1. The van der Waals surface area contributed by atoms with Gasteiger partial charge in [0, 0.05) is 30.8 Å². The van der Waals surface area contributed by atoms with Crippen LogP contribution in [0, 0.1) is 11.2 Å². The summed E-state index contributed by atoms with van der Waals surface area (Å²) in [7, 11) is 1.61. The van der Waals surface area contributed by atoms with Crippen LogP contribution < -0.4 is 19.5 Å². The number of halogens is 3. The van der Waals surface area contributed by atoms with Gasteiger partial charge in [-0.3, -0.25) is 10.2 Å². The third-order valence-corrected chi connectivity index (χ3v) is 6.43. The maximum atomic E-state index is 15.4. The number of ether oxygens (including phenoxy) is 3. The van der Waals surface area contributed by atoms with Gasteiger partial charge >= 0.3 is 0 Å². The van der Waals surface area contributed by atoms with E-state index in [1.54, 1.807) is 31.1 Å². The summed E-state index contributed by atoms with van der Waals surface area (Å²) < 4.78 is 32.2. The first-order chi connectivity index (χ1) is 18.1. The molecule has 11 heteroatoms. The Morgan fingerprint density at radius 3 is 2.35 bits per heavy atom. The number of nitrogens with one attached hydrogen (secondary N) is 2. The van der Waals surface area contributed by atoms with Gasteiger partial charge in [-0.25, -0.2) is 4.39 Å². The van der Waals surface area contributed by atoms with Crippen LogP contribution in [0.2, 0.25) is 0 Å². The van der Waals surface area contributed by atoms with Crippen LogP contribution in [0.25, 0.3) is 0 Å². The van der Waals surface area contributed by atoms with E-state index in [-0.39, 0.29) is 79.5 Å². The fourth-order valence-electron chi connectivity index (χ4n) is 4.58. The lowest BCUT2D eigenvalue weighted by molar-refractivity contribution is 0.0962. The van der Waals surface area contributed by atoms with E-state index in [4.69, 9.17) is 24.7 Å². The lowest BCUT2D eigenvalue weighted by atomic mass is 9.84. The molecule has 0 bridgehead atoms. The Morgan fingerprint density at radius 2 is 1.77 bits per heavy atom. The largest absolute Gasteiger partial charge is 0.494 e. The number of aliphatic hydroxyl groups excluding tert-OH is 1. The molecular formula is C29H42Cl2FN3O5. The highest BCUT2D eigenvalue weighted by molar-refractivity contribution is 6.06. The Kier molecular flexibility index (Phi) is 13.5. The second-order valence-electron chi connectivity index (χ2n) is 10.3. The SMILES string of the molecule is CCOc1cc2c(c(F)c1OCC)C(=N)N(CC(=O)c1cc(NCCCCO)c(OC)c(C(C)(C)C)c1)C2.Cl.Cl. The number of methoxy groups -OCH3 is 1. The molecule has 0 fully saturated rings. The molecule has 1 aliphatic heterocycles. The van der Waals surface area contributed by atoms with Crippen molar-refractivity contribution < 1.29 is 28.5 Å². The number of aliphatic hydroxyl groups is 1. The van der Waals surface area contributed by atoms with Gasteiger partial charge in [0.05, 0.1) is 38.1 Å². The smallest absolute Gasteiger partial charge is 0.197 e. The minimum Gasteiger partial charge on any atom is -0.494 e. The van der Waals surface area contributed by atoms with Crippen molar-refractivity contribution in [1.82, 2.24) is 4.90 Å². The van der Waals surface area contributed by atoms with Gasteiger partial charge in [-0.15, -0.1) is 24.8 Å². The molecule has 8 nitrogen and oxygen atoms in total. The molecule has 3 rings (SSSR count). The number of anilines is 1. The summed E-state index contributed by atoms with van der Waals surface area (Å²) in [4.78, 5) is 15.1. The molecule has 2 aromatic carbocycles. The average molecular weight is 603 g/mol. The first kappa shape index (κ1) is 35.3. The molecule has 0 atom stereocenters. The van der Waals surface area contributed by atoms with E-state index in [1.807, 2.05) is 13.0 Å². The standard InChI is InChI=1S/C29H40FN3O5.2ClH/c1-7-37-23-15-19-16-33(28(31)24(19)25(30)27(23)38-8-2)17-22(35)18-13-20(29(3,4)5)26(36-6)21(14-18)32-11-9-10-12-34;;/h13-15,31-32,34H,7-12,16-17H2,1-6H3;2*1H. The molecule has 1 heterocycles. The monoisotopic (exact) mass is 601 g/mol. The molecule has 224 valence electrons. The normalized spacial score (nSPS) is 12.3. The topological polar surface area (TPSA) is 104 Å². The van der Waals surface area contributed by atoms with Crippen molar-refractivity contribution in [3.05, 3.63) is 46.3 Å². The molecule has 0 aliphatic carbocycles. The predicted molar refractivity (Wildman–Crippen MR) is 161 cm³/mol. The predicted octanol–water partition coefficient (Wildman–Crippen LogP) is 5.98. The molecule has 0 spiro atoms. The van der Waals surface area contributed by atoms with Crippen LogP contribution >= 0.6 is 24.8 Å². The first-order valence-electron chi connectivity index (χ1n) is 13.1. The van der Waals surface area contributed by atoms with Gasteiger partial charge in [-0.05, 0) is 55.9 Å². The number of hydrogen-bond acceptors (Lipinski definition) is 7. The van der Waals surface area contributed by atoms with Crippen LogP contribution in [0.3, 0.4) is 0 Å². The molecule has 0 aromatic heterocycles. The van der Waals surface area contributed by atoms with Crippen molar-refractivity contribution in [2.75, 3.05) is 45.3 Å². The molecule has 0 unspecified atom stereocenters. The van der Waals surface area contributed by atoms with Gasteiger partial charge in [0.15, 0.2) is 23.1 Å². The lowest BCUT2D eigenvalue weighted by Gasteiger charge is -2.26. The molecule has 3 N–H and O–H groups in total. The van der Waals surface area contributed by atoms with Crippen LogP contribution in [-0.4, -0.2) is 61.6 Å². The number of hydrogen-bond donors (Lipinski definition) is 3. The van der Waals surface area contributed by atoms with Gasteiger partial charge in [-0.1, -0.05) is 20.8 Å². The molecular weight excluding hydrogens is 560 g/mol. The third kappa shape index (κ3) is 7.71. The second-order valence-corrected chi connectivity index (χ2v) is 10.3. The number of amidine groups is 1. The maximum absolute atomic E-state index is 15.4. The van der Waals surface area contributed by atoms with Crippen molar-refractivity contribution in [3.8, 4) is 17.2 Å². The van der Waals surface area contributed by atoms with Crippen LogP contribution in [-0.2, 0) is 12.0 Å². The number of carbonyl (C=O) groups is 1. The Morgan fingerprint density at radius 1 is 1.10 bits per heavy atom. The van der Waals surface area contributed by atoms with Crippen molar-refractivity contribution in [2.24, 2.45) is 0 Å². The van der Waals surface area contributed by atoms with Crippen molar-refractivity contribution in [3.63, 3.8) is 0 Å². The van der Waals surface area contributed by atoms with E-state index < -0.39 is 5.82 Å². The molecule has 0 radical (unpaired) electrons. The van der Waals surface area contributed by atoms with E-state index in [0.717, 1.165) is 12.0 Å². The highest BCUT2D eigenvalue weighted by Crippen LogP contribution is 2.40. The fraction of sp³-hybridized carbons (Fsp3) is 0.517. The fourth-order valence-corrected chi connectivity index (χ4v) is 4.58. The quantitative estimate of drug-likeness (QED) is 0.191. The van der Waals surface area contributed by atoms with Gasteiger partial charge in [0.1, 0.15) is 11.6 Å². The zero-order valence-electron chi connectivity index (χ0n) is 24.1. The molecule has 1 aliphatic rings. The number of carbonyl (C=O) groups excluding carboxylic acids is 1. The van der Waals surface area contributed by atoms with Crippen molar-refractivity contribution >= 4 is 42.1 Å². The van der Waals surface area contributed by atoms with Gasteiger partial charge in [-0.2, -0.15) is 0 Å². The van der Waals surface area contributed by atoms with Crippen LogP contribution in [0.1, 0.15) is 74.5 Å². The van der Waals surface area contributed by atoms with E-state index in [1.165, 1.54) is 0 Å². The molecule has 2 aromatic rings. The molecule has 40 heavy (non-hydrogen) atoms. The van der Waals surface area contributed by atoms with Crippen LogP contribution in [0.15, 0.2) is 18.2 Å². The summed E-state index contributed by atoms with van der Waals surface area (Å²) in [6, 6.07) is 5.31. The third-order valence-electron chi connectivity index (χ3n) is 6.43. The summed E-state index contributed by atoms with van der Waals surface area (Å²) in [5.41, 5.74) is 2.49. The summed E-state index contributed by atoms with van der Waals surface area (Å²) in [6.07, 6.45) is 1.44. The number of fused-ring (bicyclic) bond motifs is 1. The van der Waals surface area contributed by atoms with E-state index in [2.05, 4.69) is 26.1 Å². The number of ketones is 1. The molecule has 0 amide bonds. The summed E-state index contributed by atoms with van der Waals surface area (Å²) in [6.45, 7) is 11.2. The van der Waals surface area contributed by atoms with Gasteiger partial charge in [0.25, 0.3) is 0 Å². The van der Waals surface area contributed by atoms with E-state index >= 15 is 4.39 Å².